The predicted molar refractivity (Wildman–Crippen MR) is 41.3 cm³/mol. The van der Waals surface area contributed by atoms with Gasteiger partial charge >= 0.3 is 0 Å². The summed E-state index contributed by atoms with van der Waals surface area (Å²) in [6, 6.07) is 0. The van der Waals surface area contributed by atoms with Gasteiger partial charge in [-0.1, -0.05) is 0 Å². The Kier molecular flexibility index (Phi) is 3.30. The molecule has 0 bridgehead atoms. The van der Waals surface area contributed by atoms with Crippen molar-refractivity contribution >= 4 is 0 Å². The molecular weight excluding hydrogens is 144 g/mol. The maximum atomic E-state index is 9.36. The third kappa shape index (κ3) is 2.43. The van der Waals surface area contributed by atoms with E-state index in [9.17, 15) is 5.11 Å². The van der Waals surface area contributed by atoms with Crippen molar-refractivity contribution in [2.45, 2.75) is 44.5 Å². The van der Waals surface area contributed by atoms with Crippen molar-refractivity contribution in [1.82, 2.24) is 0 Å². The molecule has 0 saturated carbocycles. The van der Waals surface area contributed by atoms with Gasteiger partial charge < -0.3 is 14.9 Å². The molecule has 66 valence electrons. The highest BCUT2D eigenvalue weighted by Crippen LogP contribution is 2.18. The van der Waals surface area contributed by atoms with Gasteiger partial charge in [-0.3, -0.25) is 0 Å². The molecule has 11 heavy (non-hydrogen) atoms. The lowest BCUT2D eigenvalue weighted by molar-refractivity contribution is -0.0705. The number of hydrogen-bond donors (Lipinski definition) is 2. The molecule has 0 aliphatic carbocycles. The highest BCUT2D eigenvalue weighted by Gasteiger charge is 2.23. The molecule has 1 fully saturated rings. The van der Waals surface area contributed by atoms with E-state index in [1.807, 2.05) is 6.92 Å². The maximum absolute atomic E-state index is 9.36. The lowest BCUT2D eigenvalue weighted by atomic mass is 10.1. The molecule has 0 radical (unpaired) electrons. The Bertz CT molecular complexity index is 116. The number of aliphatic hydroxyl groups is 2. The van der Waals surface area contributed by atoms with Crippen molar-refractivity contribution in [2.24, 2.45) is 0 Å². The molecule has 3 atom stereocenters. The van der Waals surface area contributed by atoms with Gasteiger partial charge in [0.25, 0.3) is 0 Å². The van der Waals surface area contributed by atoms with Crippen LogP contribution in [-0.4, -0.2) is 35.1 Å². The summed E-state index contributed by atoms with van der Waals surface area (Å²) in [6.45, 7) is 1.91. The second-order valence-electron chi connectivity index (χ2n) is 3.14. The molecule has 0 aromatic heterocycles. The zero-order valence-corrected chi connectivity index (χ0v) is 6.86. The van der Waals surface area contributed by atoms with Crippen molar-refractivity contribution in [3.8, 4) is 0 Å². The summed E-state index contributed by atoms with van der Waals surface area (Å²) in [5.41, 5.74) is 0. The summed E-state index contributed by atoms with van der Waals surface area (Å²) >= 11 is 0. The van der Waals surface area contributed by atoms with Crippen molar-refractivity contribution in [3.05, 3.63) is 0 Å². The van der Waals surface area contributed by atoms with E-state index in [2.05, 4.69) is 0 Å². The fraction of sp³-hybridized carbons (Fsp3) is 1.00. The Hall–Kier alpha value is -0.120. The molecule has 1 saturated heterocycles. The molecule has 0 amide bonds. The Balaban J connectivity index is 2.41. The van der Waals surface area contributed by atoms with Crippen LogP contribution in [-0.2, 0) is 4.74 Å². The minimum atomic E-state index is -0.355. The van der Waals surface area contributed by atoms with Gasteiger partial charge in [0.1, 0.15) is 0 Å². The van der Waals surface area contributed by atoms with E-state index in [4.69, 9.17) is 9.84 Å². The lowest BCUT2D eigenvalue weighted by Crippen LogP contribution is -2.28. The van der Waals surface area contributed by atoms with Crippen LogP contribution in [0.15, 0.2) is 0 Å². The molecule has 0 aromatic rings. The first-order valence-corrected chi connectivity index (χ1v) is 4.18. The number of rotatable bonds is 1. The van der Waals surface area contributed by atoms with Crippen LogP contribution in [0, 0.1) is 0 Å². The topological polar surface area (TPSA) is 49.7 Å². The van der Waals surface area contributed by atoms with Crippen molar-refractivity contribution in [1.29, 1.82) is 0 Å². The largest absolute Gasteiger partial charge is 0.394 e. The van der Waals surface area contributed by atoms with E-state index in [1.54, 1.807) is 0 Å². The maximum Gasteiger partial charge on any atom is 0.0810 e. The van der Waals surface area contributed by atoms with Gasteiger partial charge in [-0.05, 0) is 26.2 Å². The minimum absolute atomic E-state index is 0.0665. The van der Waals surface area contributed by atoms with Crippen LogP contribution in [0.5, 0.6) is 0 Å². The van der Waals surface area contributed by atoms with Crippen LogP contribution in [0.25, 0.3) is 0 Å². The van der Waals surface area contributed by atoms with E-state index in [0.717, 1.165) is 19.3 Å². The molecule has 0 spiro atoms. The van der Waals surface area contributed by atoms with Gasteiger partial charge in [-0.15, -0.1) is 0 Å². The highest BCUT2D eigenvalue weighted by atomic mass is 16.5. The van der Waals surface area contributed by atoms with E-state index in [1.165, 1.54) is 0 Å². The Labute approximate surface area is 67.0 Å². The molecule has 0 aromatic carbocycles. The standard InChI is InChI=1S/C8H16O3/c1-6-8(10)4-2-3-7(5-9)11-6/h6-10H,2-5H2,1H3/t6-,7+,8+/m0/s1. The minimum Gasteiger partial charge on any atom is -0.394 e. The summed E-state index contributed by atoms with van der Waals surface area (Å²) in [5.74, 6) is 0. The van der Waals surface area contributed by atoms with E-state index >= 15 is 0 Å². The number of ether oxygens (including phenoxy) is 1. The predicted octanol–water partition coefficient (Wildman–Crippen LogP) is 0.297. The quantitative estimate of drug-likeness (QED) is 0.580. The van der Waals surface area contributed by atoms with Crippen molar-refractivity contribution < 1.29 is 14.9 Å². The highest BCUT2D eigenvalue weighted by molar-refractivity contribution is 4.72. The zero-order chi connectivity index (χ0) is 8.27. The first-order chi connectivity index (χ1) is 5.24. The average Bonchev–Trinajstić information content (AvgIpc) is 2.15. The fourth-order valence-corrected chi connectivity index (χ4v) is 1.39. The summed E-state index contributed by atoms with van der Waals surface area (Å²) in [7, 11) is 0. The number of aliphatic hydroxyl groups excluding tert-OH is 2. The van der Waals surface area contributed by atoms with Crippen LogP contribution in [0.4, 0.5) is 0 Å². The van der Waals surface area contributed by atoms with Gasteiger partial charge in [0.2, 0.25) is 0 Å². The Morgan fingerprint density at radius 2 is 2.18 bits per heavy atom. The summed E-state index contributed by atoms with van der Waals surface area (Å²) in [6.07, 6.45) is 2.04. The molecular formula is C8H16O3. The SMILES string of the molecule is C[C@@H]1O[C@@H](CO)CCC[C@H]1O. The average molecular weight is 160 g/mol. The van der Waals surface area contributed by atoms with Gasteiger partial charge in [-0.2, -0.15) is 0 Å². The van der Waals surface area contributed by atoms with Crippen molar-refractivity contribution in [2.75, 3.05) is 6.61 Å². The first-order valence-electron chi connectivity index (χ1n) is 4.18. The van der Waals surface area contributed by atoms with Crippen LogP contribution in [0.1, 0.15) is 26.2 Å². The summed E-state index contributed by atoms with van der Waals surface area (Å²) in [4.78, 5) is 0. The monoisotopic (exact) mass is 160 g/mol. The number of hydrogen-bond acceptors (Lipinski definition) is 3. The van der Waals surface area contributed by atoms with Gasteiger partial charge in [0, 0.05) is 0 Å². The van der Waals surface area contributed by atoms with Crippen LogP contribution in [0.3, 0.4) is 0 Å². The normalized spacial score (nSPS) is 40.1. The zero-order valence-electron chi connectivity index (χ0n) is 6.86. The lowest BCUT2D eigenvalue weighted by Gasteiger charge is -2.19. The van der Waals surface area contributed by atoms with Gasteiger partial charge in [-0.25, -0.2) is 0 Å². The molecule has 2 N–H and O–H groups in total. The molecule has 3 heteroatoms. The van der Waals surface area contributed by atoms with E-state index < -0.39 is 0 Å². The third-order valence-corrected chi connectivity index (χ3v) is 2.18. The molecule has 1 aliphatic heterocycles. The second-order valence-corrected chi connectivity index (χ2v) is 3.14. The van der Waals surface area contributed by atoms with E-state index in [-0.39, 0.29) is 24.9 Å². The van der Waals surface area contributed by atoms with Crippen LogP contribution in [0.2, 0.25) is 0 Å². The fourth-order valence-electron chi connectivity index (χ4n) is 1.39. The molecule has 0 unspecified atom stereocenters. The van der Waals surface area contributed by atoms with Crippen LogP contribution >= 0.6 is 0 Å². The van der Waals surface area contributed by atoms with Gasteiger partial charge in [0.15, 0.2) is 0 Å². The smallest absolute Gasteiger partial charge is 0.0810 e. The van der Waals surface area contributed by atoms with Crippen molar-refractivity contribution in [3.63, 3.8) is 0 Å². The Morgan fingerprint density at radius 1 is 1.45 bits per heavy atom. The molecule has 1 rings (SSSR count). The Morgan fingerprint density at radius 3 is 2.82 bits per heavy atom. The van der Waals surface area contributed by atoms with Crippen LogP contribution < -0.4 is 0 Å². The molecule has 3 nitrogen and oxygen atoms in total. The first kappa shape index (κ1) is 8.97. The summed E-state index contributed by atoms with van der Waals surface area (Å²) < 4.78 is 5.37. The van der Waals surface area contributed by atoms with Gasteiger partial charge in [0.05, 0.1) is 24.9 Å². The second kappa shape index (κ2) is 4.04. The third-order valence-electron chi connectivity index (χ3n) is 2.18. The van der Waals surface area contributed by atoms with E-state index in [0.29, 0.717) is 0 Å². The molecule has 1 aliphatic rings. The molecule has 1 heterocycles. The summed E-state index contributed by atoms with van der Waals surface area (Å²) in [5, 5.41) is 18.2.